The van der Waals surface area contributed by atoms with Crippen LogP contribution in [0, 0.1) is 18.2 Å². The Labute approximate surface area is 221 Å². The Balaban J connectivity index is 1.41. The van der Waals surface area contributed by atoms with E-state index in [1.54, 1.807) is 30.3 Å². The molecule has 0 spiro atoms. The summed E-state index contributed by atoms with van der Waals surface area (Å²) in [6.07, 6.45) is 1.50. The molecule has 0 unspecified atom stereocenters. The minimum Gasteiger partial charge on any atom is -0.493 e. The number of thioether (sulfide) groups is 1. The second-order valence-corrected chi connectivity index (χ2v) is 9.57. The van der Waals surface area contributed by atoms with Gasteiger partial charge in [0, 0.05) is 11.1 Å². The summed E-state index contributed by atoms with van der Waals surface area (Å²) in [4.78, 5) is 17.0. The third-order valence-corrected chi connectivity index (χ3v) is 6.88. The minimum absolute atomic E-state index is 0.0439. The van der Waals surface area contributed by atoms with Crippen molar-refractivity contribution in [1.29, 1.82) is 5.41 Å². The largest absolute Gasteiger partial charge is 0.493 e. The van der Waals surface area contributed by atoms with Gasteiger partial charge in [0.2, 0.25) is 5.17 Å². The fourth-order valence-electron chi connectivity index (χ4n) is 3.70. The first-order valence-corrected chi connectivity index (χ1v) is 12.3. The average molecular weight is 535 g/mol. The molecule has 0 aliphatic carbocycles. The van der Waals surface area contributed by atoms with Crippen LogP contribution in [0.25, 0.3) is 6.08 Å². The number of aliphatic imine (C=N–C) groups is 1. The predicted octanol–water partition coefficient (Wildman–Crippen LogP) is 6.04. The van der Waals surface area contributed by atoms with Crippen LogP contribution in [0.2, 0.25) is 5.02 Å². The molecule has 5 rings (SSSR count). The average Bonchev–Trinajstić information content (AvgIpc) is 3.31. The number of carbonyl (C=O) groups is 1. The molecule has 1 amide bonds. The molecule has 2 aliphatic rings. The summed E-state index contributed by atoms with van der Waals surface area (Å²) >= 11 is 7.70. The fourth-order valence-corrected chi connectivity index (χ4v) is 4.87. The van der Waals surface area contributed by atoms with Crippen LogP contribution in [0.4, 0.5) is 4.39 Å². The van der Waals surface area contributed by atoms with E-state index in [-0.39, 0.29) is 34.6 Å². The van der Waals surface area contributed by atoms with Crippen LogP contribution in [0.3, 0.4) is 0 Å². The number of hydrogen-bond acceptors (Lipinski definition) is 6. The van der Waals surface area contributed by atoms with Gasteiger partial charge in [-0.25, -0.2) is 4.39 Å². The number of benzene rings is 3. The summed E-state index contributed by atoms with van der Waals surface area (Å²) in [5, 5.41) is 15.7. The zero-order chi connectivity index (χ0) is 26.1. The van der Waals surface area contributed by atoms with Gasteiger partial charge in [0.05, 0.1) is 17.7 Å². The van der Waals surface area contributed by atoms with Crippen molar-refractivity contribution in [3.05, 3.63) is 99.3 Å². The molecule has 7 nitrogen and oxygen atoms in total. The molecule has 186 valence electrons. The molecule has 2 heterocycles. The summed E-state index contributed by atoms with van der Waals surface area (Å²) in [5.41, 5.74) is 2.92. The molecule has 3 aromatic carbocycles. The van der Waals surface area contributed by atoms with E-state index in [4.69, 9.17) is 26.5 Å². The van der Waals surface area contributed by atoms with E-state index in [1.165, 1.54) is 36.0 Å². The Bertz CT molecular complexity index is 1520. The van der Waals surface area contributed by atoms with Crippen LogP contribution in [0.15, 0.2) is 76.3 Å². The van der Waals surface area contributed by atoms with Crippen LogP contribution in [0.1, 0.15) is 22.3 Å². The Morgan fingerprint density at radius 3 is 2.65 bits per heavy atom. The molecule has 0 bridgehead atoms. The lowest BCUT2D eigenvalue weighted by atomic mass is 10.1. The second-order valence-electron chi connectivity index (χ2n) is 8.21. The number of methoxy groups -OCH3 is 1. The van der Waals surface area contributed by atoms with E-state index in [0.717, 1.165) is 11.1 Å². The molecule has 0 fully saturated rings. The van der Waals surface area contributed by atoms with Crippen molar-refractivity contribution in [1.82, 2.24) is 5.01 Å². The third kappa shape index (κ3) is 5.00. The Kier molecular flexibility index (Phi) is 6.82. The number of hydrazone groups is 1. The highest BCUT2D eigenvalue weighted by Crippen LogP contribution is 2.38. The quantitative estimate of drug-likeness (QED) is 0.389. The maximum absolute atomic E-state index is 14.0. The van der Waals surface area contributed by atoms with Gasteiger partial charge in [-0.3, -0.25) is 10.2 Å². The number of nitrogens with zero attached hydrogens (tertiary/aromatic N) is 3. The summed E-state index contributed by atoms with van der Waals surface area (Å²) in [5.74, 6) is -0.505. The minimum atomic E-state index is -0.556. The van der Waals surface area contributed by atoms with E-state index >= 15 is 0 Å². The third-order valence-electron chi connectivity index (χ3n) is 5.65. The molecule has 1 N–H and O–H groups in total. The number of ether oxygens (including phenoxy) is 2. The number of amidine groups is 2. The van der Waals surface area contributed by atoms with Crippen molar-refractivity contribution < 1.29 is 18.7 Å². The van der Waals surface area contributed by atoms with E-state index in [9.17, 15) is 9.18 Å². The van der Waals surface area contributed by atoms with Crippen LogP contribution in [-0.4, -0.2) is 34.1 Å². The second kappa shape index (κ2) is 10.2. The number of hydrogen-bond donors (Lipinski definition) is 1. The maximum Gasteiger partial charge on any atom is 0.283 e. The van der Waals surface area contributed by atoms with Crippen molar-refractivity contribution in [2.45, 2.75) is 13.5 Å². The highest BCUT2D eigenvalue weighted by molar-refractivity contribution is 8.27. The first kappa shape index (κ1) is 24.7. The van der Waals surface area contributed by atoms with Gasteiger partial charge < -0.3 is 9.47 Å². The molecule has 37 heavy (non-hydrogen) atoms. The van der Waals surface area contributed by atoms with Gasteiger partial charge in [0.1, 0.15) is 17.5 Å². The molecule has 2 aliphatic heterocycles. The highest BCUT2D eigenvalue weighted by atomic mass is 35.5. The van der Waals surface area contributed by atoms with Crippen LogP contribution >= 0.6 is 23.4 Å². The van der Waals surface area contributed by atoms with E-state index in [0.29, 0.717) is 27.1 Å². The number of aryl methyl sites for hydroxylation is 1. The van der Waals surface area contributed by atoms with Crippen molar-refractivity contribution in [2.75, 3.05) is 7.11 Å². The number of nitrogens with one attached hydrogen (secondary N) is 1. The van der Waals surface area contributed by atoms with E-state index in [1.807, 2.05) is 31.2 Å². The fraction of sp³-hybridized carbons (Fsp3) is 0.111. The lowest BCUT2D eigenvalue weighted by molar-refractivity contribution is -0.114. The molecule has 3 aromatic rings. The standard InChI is InChI=1S/C27H20ClFN4O3S/c1-15-7-9-17(10-8-15)26-32-33-24(30)19(25(34)31-27(33)37-26)11-16-12-20(28)23(22(13-16)35-2)36-14-18-5-3-4-6-21(18)29/h3-13,30H,14H2,1-2H3. The van der Waals surface area contributed by atoms with Gasteiger partial charge in [0.25, 0.3) is 5.91 Å². The first-order valence-electron chi connectivity index (χ1n) is 11.1. The Hall–Kier alpha value is -3.95. The Morgan fingerprint density at radius 1 is 1.16 bits per heavy atom. The van der Waals surface area contributed by atoms with Gasteiger partial charge in [-0.1, -0.05) is 59.6 Å². The van der Waals surface area contributed by atoms with Gasteiger partial charge >= 0.3 is 0 Å². The molecule has 0 saturated heterocycles. The van der Waals surface area contributed by atoms with Crippen molar-refractivity contribution in [3.63, 3.8) is 0 Å². The first-order chi connectivity index (χ1) is 17.8. The lowest BCUT2D eigenvalue weighted by Crippen LogP contribution is -2.35. The molecule has 0 saturated carbocycles. The molecule has 0 aromatic heterocycles. The summed E-state index contributed by atoms with van der Waals surface area (Å²) < 4.78 is 25.2. The van der Waals surface area contributed by atoms with E-state index < -0.39 is 5.91 Å². The zero-order valence-electron chi connectivity index (χ0n) is 19.8. The zero-order valence-corrected chi connectivity index (χ0v) is 21.4. The highest BCUT2D eigenvalue weighted by Gasteiger charge is 2.36. The number of rotatable bonds is 6. The van der Waals surface area contributed by atoms with Crippen molar-refractivity contribution >= 4 is 51.4 Å². The van der Waals surface area contributed by atoms with Gasteiger partial charge in [-0.05, 0) is 48.5 Å². The topological polar surface area (TPSA) is 87.3 Å². The SMILES string of the molecule is COc1cc(C=C2C(=N)N3N=C(c4ccc(C)cc4)SC3=NC2=O)cc(Cl)c1OCc1ccccc1F. The molecular weight excluding hydrogens is 515 g/mol. The maximum atomic E-state index is 14.0. The smallest absolute Gasteiger partial charge is 0.283 e. The van der Waals surface area contributed by atoms with E-state index in [2.05, 4.69) is 10.1 Å². The van der Waals surface area contributed by atoms with Crippen molar-refractivity contribution in [3.8, 4) is 11.5 Å². The molecule has 0 atom stereocenters. The number of carbonyl (C=O) groups excluding carboxylic acids is 1. The summed E-state index contributed by atoms with van der Waals surface area (Å²) in [6, 6.07) is 17.3. The number of fused-ring (bicyclic) bond motifs is 1. The van der Waals surface area contributed by atoms with Gasteiger partial charge in [-0.2, -0.15) is 15.1 Å². The van der Waals surface area contributed by atoms with Gasteiger partial charge in [-0.15, -0.1) is 0 Å². The van der Waals surface area contributed by atoms with Crippen LogP contribution in [-0.2, 0) is 11.4 Å². The molecule has 10 heteroatoms. The van der Waals surface area contributed by atoms with Crippen LogP contribution in [0.5, 0.6) is 11.5 Å². The Morgan fingerprint density at radius 2 is 1.92 bits per heavy atom. The summed E-state index contributed by atoms with van der Waals surface area (Å²) in [7, 11) is 1.45. The molecule has 0 radical (unpaired) electrons. The summed E-state index contributed by atoms with van der Waals surface area (Å²) in [6.45, 7) is 1.95. The normalized spacial score (nSPS) is 16.0. The molecular formula is C27H20ClFN4O3S. The lowest BCUT2D eigenvalue weighted by Gasteiger charge is -2.20. The van der Waals surface area contributed by atoms with Crippen molar-refractivity contribution in [2.24, 2.45) is 10.1 Å². The monoisotopic (exact) mass is 534 g/mol. The predicted molar refractivity (Wildman–Crippen MR) is 144 cm³/mol. The number of halogens is 2. The number of amides is 1. The van der Waals surface area contributed by atoms with Gasteiger partial charge in [0.15, 0.2) is 17.3 Å². The van der Waals surface area contributed by atoms with Crippen LogP contribution < -0.4 is 9.47 Å².